The molecule has 0 aliphatic rings. The Morgan fingerprint density at radius 1 is 1.59 bits per heavy atom. The van der Waals surface area contributed by atoms with Crippen molar-refractivity contribution in [1.82, 2.24) is 20.3 Å². The molecule has 0 aliphatic carbocycles. The highest BCUT2D eigenvalue weighted by atomic mass is 16.5. The first-order valence-corrected chi connectivity index (χ1v) is 5.69. The van der Waals surface area contributed by atoms with Crippen LogP contribution in [0.3, 0.4) is 0 Å². The number of hydrogen-bond acceptors (Lipinski definition) is 5. The van der Waals surface area contributed by atoms with Crippen molar-refractivity contribution in [2.45, 2.75) is 26.4 Å². The van der Waals surface area contributed by atoms with Crippen LogP contribution < -0.4 is 11.1 Å². The van der Waals surface area contributed by atoms with Gasteiger partial charge < -0.3 is 15.8 Å². The van der Waals surface area contributed by atoms with Crippen LogP contribution >= 0.6 is 0 Å². The van der Waals surface area contributed by atoms with Gasteiger partial charge in [0.1, 0.15) is 5.69 Å². The number of amides is 1. The zero-order valence-corrected chi connectivity index (χ0v) is 10.1. The van der Waals surface area contributed by atoms with Crippen molar-refractivity contribution in [2.75, 3.05) is 19.8 Å². The van der Waals surface area contributed by atoms with Crippen LogP contribution in [-0.4, -0.2) is 40.7 Å². The molecule has 0 saturated heterocycles. The Hall–Kier alpha value is -1.47. The van der Waals surface area contributed by atoms with Gasteiger partial charge in [-0.1, -0.05) is 12.1 Å². The maximum absolute atomic E-state index is 10.9. The number of nitrogens with two attached hydrogens (primary N) is 1. The van der Waals surface area contributed by atoms with Crippen LogP contribution in [-0.2, 0) is 22.6 Å². The van der Waals surface area contributed by atoms with E-state index in [0.717, 1.165) is 13.0 Å². The second kappa shape index (κ2) is 7.75. The van der Waals surface area contributed by atoms with Crippen LogP contribution in [0.4, 0.5) is 0 Å². The van der Waals surface area contributed by atoms with Crippen LogP contribution in [0.2, 0.25) is 0 Å². The third-order valence-corrected chi connectivity index (χ3v) is 2.05. The molecule has 17 heavy (non-hydrogen) atoms. The molecule has 1 aromatic rings. The van der Waals surface area contributed by atoms with Crippen molar-refractivity contribution in [2.24, 2.45) is 5.73 Å². The number of ether oxygens (including phenoxy) is 1. The fourth-order valence-electron chi connectivity index (χ4n) is 1.19. The lowest BCUT2D eigenvalue weighted by Gasteiger charge is -2.01. The first-order valence-electron chi connectivity index (χ1n) is 5.69. The van der Waals surface area contributed by atoms with Gasteiger partial charge in [0, 0.05) is 6.61 Å². The smallest absolute Gasteiger partial charge is 0.234 e. The Morgan fingerprint density at radius 2 is 2.41 bits per heavy atom. The molecule has 0 aliphatic heterocycles. The molecule has 0 unspecified atom stereocenters. The monoisotopic (exact) mass is 241 g/mol. The largest absolute Gasteiger partial charge is 0.380 e. The molecule has 96 valence electrons. The number of carbonyl (C=O) groups excluding carboxylic acids is 1. The van der Waals surface area contributed by atoms with Gasteiger partial charge in [0.25, 0.3) is 0 Å². The molecule has 0 bridgehead atoms. The summed E-state index contributed by atoms with van der Waals surface area (Å²) in [4.78, 5) is 10.9. The Kier molecular flexibility index (Phi) is 6.19. The van der Waals surface area contributed by atoms with Gasteiger partial charge in [0.15, 0.2) is 0 Å². The number of nitrogens with zero attached hydrogens (tertiary/aromatic N) is 3. The molecule has 1 heterocycles. The lowest BCUT2D eigenvalue weighted by molar-refractivity contribution is -0.119. The summed E-state index contributed by atoms with van der Waals surface area (Å²) < 4.78 is 7.03. The fraction of sp³-hybridized carbons (Fsp3) is 0.700. The van der Waals surface area contributed by atoms with Gasteiger partial charge >= 0.3 is 0 Å². The van der Waals surface area contributed by atoms with Crippen LogP contribution in [0, 0.1) is 0 Å². The maximum atomic E-state index is 10.9. The molecule has 0 fully saturated rings. The Morgan fingerprint density at radius 3 is 3.12 bits per heavy atom. The van der Waals surface area contributed by atoms with Crippen molar-refractivity contribution in [3.05, 3.63) is 11.9 Å². The molecule has 0 spiro atoms. The van der Waals surface area contributed by atoms with E-state index in [1.807, 2.05) is 0 Å². The zero-order chi connectivity index (χ0) is 12.5. The molecule has 3 N–H and O–H groups in total. The van der Waals surface area contributed by atoms with E-state index in [4.69, 9.17) is 10.5 Å². The van der Waals surface area contributed by atoms with Crippen molar-refractivity contribution < 1.29 is 9.53 Å². The molecule has 0 aromatic carbocycles. The summed E-state index contributed by atoms with van der Waals surface area (Å²) in [7, 11) is 0. The second-order valence-corrected chi connectivity index (χ2v) is 3.57. The highest BCUT2D eigenvalue weighted by Crippen LogP contribution is 1.93. The standard InChI is InChI=1S/C10H19N5O2/c1-2-4-17-5-3-15-8-9(13-14-15)7-12-10(16)6-11/h8H,2-7,11H2,1H3,(H,12,16). The van der Waals surface area contributed by atoms with Crippen molar-refractivity contribution in [3.8, 4) is 0 Å². The minimum absolute atomic E-state index is 0.0149. The first-order chi connectivity index (χ1) is 8.26. The quantitative estimate of drug-likeness (QED) is 0.586. The van der Waals surface area contributed by atoms with E-state index in [1.165, 1.54) is 0 Å². The maximum Gasteiger partial charge on any atom is 0.234 e. The summed E-state index contributed by atoms with van der Waals surface area (Å²) >= 11 is 0. The van der Waals surface area contributed by atoms with Crippen LogP contribution in [0.25, 0.3) is 0 Å². The van der Waals surface area contributed by atoms with Crippen LogP contribution in [0.5, 0.6) is 0 Å². The van der Waals surface area contributed by atoms with Gasteiger partial charge in [-0.15, -0.1) is 5.10 Å². The van der Waals surface area contributed by atoms with Gasteiger partial charge in [0.05, 0.1) is 32.4 Å². The summed E-state index contributed by atoms with van der Waals surface area (Å²) in [6.07, 6.45) is 2.79. The van der Waals surface area contributed by atoms with Gasteiger partial charge in [-0.2, -0.15) is 0 Å². The molecule has 1 rings (SSSR count). The summed E-state index contributed by atoms with van der Waals surface area (Å²) in [5.74, 6) is -0.203. The molecular formula is C10H19N5O2. The summed E-state index contributed by atoms with van der Waals surface area (Å²) in [6, 6.07) is 0. The van der Waals surface area contributed by atoms with E-state index < -0.39 is 0 Å². The first kappa shape index (κ1) is 13.6. The lowest BCUT2D eigenvalue weighted by atomic mass is 10.4. The molecule has 0 radical (unpaired) electrons. The Balaban J connectivity index is 2.25. The Bertz CT molecular complexity index is 339. The average Bonchev–Trinajstić information content (AvgIpc) is 2.79. The van der Waals surface area contributed by atoms with E-state index in [2.05, 4.69) is 22.6 Å². The Labute approximate surface area is 100 Å². The molecule has 1 amide bonds. The predicted molar refractivity (Wildman–Crippen MR) is 62.0 cm³/mol. The highest BCUT2D eigenvalue weighted by Gasteiger charge is 2.02. The van der Waals surface area contributed by atoms with Crippen molar-refractivity contribution in [3.63, 3.8) is 0 Å². The minimum Gasteiger partial charge on any atom is -0.380 e. The minimum atomic E-state index is -0.203. The summed E-state index contributed by atoms with van der Waals surface area (Å²) in [5, 5.41) is 10.5. The zero-order valence-electron chi connectivity index (χ0n) is 10.1. The average molecular weight is 241 g/mol. The van der Waals surface area contributed by atoms with Crippen LogP contribution in [0.15, 0.2) is 6.20 Å². The fourth-order valence-corrected chi connectivity index (χ4v) is 1.19. The van der Waals surface area contributed by atoms with Crippen molar-refractivity contribution >= 4 is 5.91 Å². The van der Waals surface area contributed by atoms with E-state index in [9.17, 15) is 4.79 Å². The van der Waals surface area contributed by atoms with E-state index in [-0.39, 0.29) is 12.5 Å². The second-order valence-electron chi connectivity index (χ2n) is 3.57. The SMILES string of the molecule is CCCOCCn1cc(CNC(=O)CN)nn1. The molecule has 0 saturated carbocycles. The van der Waals surface area contributed by atoms with E-state index in [1.54, 1.807) is 10.9 Å². The van der Waals surface area contributed by atoms with Crippen molar-refractivity contribution in [1.29, 1.82) is 0 Å². The topological polar surface area (TPSA) is 95.1 Å². The predicted octanol–water partition coefficient (Wildman–Crippen LogP) is -0.720. The molecule has 1 aromatic heterocycles. The number of nitrogens with one attached hydrogen (secondary N) is 1. The summed E-state index contributed by atoms with van der Waals surface area (Å²) in [6.45, 7) is 4.44. The third kappa shape index (κ3) is 5.41. The van der Waals surface area contributed by atoms with Crippen LogP contribution in [0.1, 0.15) is 19.0 Å². The third-order valence-electron chi connectivity index (χ3n) is 2.05. The van der Waals surface area contributed by atoms with E-state index in [0.29, 0.717) is 25.4 Å². The number of hydrogen-bond donors (Lipinski definition) is 2. The summed E-state index contributed by atoms with van der Waals surface area (Å²) in [5.41, 5.74) is 5.88. The van der Waals surface area contributed by atoms with E-state index >= 15 is 0 Å². The molecular weight excluding hydrogens is 222 g/mol. The van der Waals surface area contributed by atoms with Gasteiger partial charge in [-0.05, 0) is 6.42 Å². The van der Waals surface area contributed by atoms with Gasteiger partial charge in [-0.3, -0.25) is 4.79 Å². The molecule has 7 heteroatoms. The van der Waals surface area contributed by atoms with Gasteiger partial charge in [0.2, 0.25) is 5.91 Å². The lowest BCUT2D eigenvalue weighted by Crippen LogP contribution is -2.29. The number of rotatable bonds is 8. The molecule has 0 atom stereocenters. The molecule has 7 nitrogen and oxygen atoms in total. The highest BCUT2D eigenvalue weighted by molar-refractivity contribution is 5.77. The van der Waals surface area contributed by atoms with Gasteiger partial charge in [-0.25, -0.2) is 4.68 Å². The number of aromatic nitrogens is 3. The number of carbonyl (C=O) groups is 1. The normalized spacial score (nSPS) is 10.5.